The van der Waals surface area contributed by atoms with E-state index >= 15 is 0 Å². The fourth-order valence-corrected chi connectivity index (χ4v) is 4.43. The first kappa shape index (κ1) is 28.2. The molecule has 0 aliphatic rings. The van der Waals surface area contributed by atoms with E-state index in [1.165, 1.54) is 4.90 Å². The highest BCUT2D eigenvalue weighted by atomic mass is 32.2. The Morgan fingerprint density at radius 2 is 1.71 bits per heavy atom. The first-order valence-electron chi connectivity index (χ1n) is 11.9. The van der Waals surface area contributed by atoms with Crippen LogP contribution in [0.5, 0.6) is 5.75 Å². The summed E-state index contributed by atoms with van der Waals surface area (Å²) in [6, 6.07) is 13.4. The zero-order valence-electron chi connectivity index (χ0n) is 21.3. The number of nitrogens with zero attached hydrogens (tertiary/aromatic N) is 2. The number of carbonyl (C=O) groups is 2. The van der Waals surface area contributed by atoms with Crippen LogP contribution in [0.25, 0.3) is 0 Å². The molecule has 0 radical (unpaired) electrons. The summed E-state index contributed by atoms with van der Waals surface area (Å²) in [7, 11) is -3.77. The summed E-state index contributed by atoms with van der Waals surface area (Å²) < 4.78 is 31.8. The molecule has 0 aliphatic carbocycles. The molecule has 0 saturated carbocycles. The average molecular weight is 504 g/mol. The van der Waals surface area contributed by atoms with Gasteiger partial charge >= 0.3 is 0 Å². The number of hydrogen-bond acceptors (Lipinski definition) is 5. The Labute approximate surface area is 209 Å². The SMILES string of the molecule is CCCCNC(=O)[C@@H](C)N(Cc1ccccc1C)C(=O)CN(c1ccc(OCC)cc1)S(C)(=O)=O. The van der Waals surface area contributed by atoms with Gasteiger partial charge in [0.05, 0.1) is 18.6 Å². The molecule has 0 heterocycles. The van der Waals surface area contributed by atoms with Gasteiger partial charge in [-0.15, -0.1) is 0 Å². The number of unbranched alkanes of at least 4 members (excludes halogenated alkanes) is 1. The average Bonchev–Trinajstić information content (AvgIpc) is 2.81. The lowest BCUT2D eigenvalue weighted by molar-refractivity contribution is -0.139. The number of nitrogens with one attached hydrogen (secondary N) is 1. The van der Waals surface area contributed by atoms with E-state index in [-0.39, 0.29) is 12.5 Å². The Morgan fingerprint density at radius 3 is 2.29 bits per heavy atom. The molecule has 1 atom stereocenters. The third-order valence-corrected chi connectivity index (χ3v) is 6.85. The number of anilines is 1. The Balaban J connectivity index is 2.34. The van der Waals surface area contributed by atoms with Crippen LogP contribution in [-0.4, -0.2) is 57.1 Å². The van der Waals surface area contributed by atoms with Crippen molar-refractivity contribution < 1.29 is 22.7 Å². The van der Waals surface area contributed by atoms with Crippen molar-refractivity contribution in [3.05, 3.63) is 59.7 Å². The van der Waals surface area contributed by atoms with Gasteiger partial charge in [0, 0.05) is 13.1 Å². The van der Waals surface area contributed by atoms with Crippen LogP contribution in [0.15, 0.2) is 48.5 Å². The highest BCUT2D eigenvalue weighted by molar-refractivity contribution is 7.92. The number of rotatable bonds is 13. The number of amides is 2. The van der Waals surface area contributed by atoms with Crippen LogP contribution in [-0.2, 0) is 26.2 Å². The smallest absolute Gasteiger partial charge is 0.244 e. The van der Waals surface area contributed by atoms with Crippen molar-refractivity contribution in [1.29, 1.82) is 0 Å². The second-order valence-corrected chi connectivity index (χ2v) is 10.4. The van der Waals surface area contributed by atoms with Crippen molar-refractivity contribution in [2.24, 2.45) is 0 Å². The molecule has 2 rings (SSSR count). The van der Waals surface area contributed by atoms with E-state index in [1.54, 1.807) is 31.2 Å². The fraction of sp³-hybridized carbons (Fsp3) is 0.462. The normalized spacial score (nSPS) is 12.0. The van der Waals surface area contributed by atoms with Gasteiger partial charge in [-0.2, -0.15) is 0 Å². The van der Waals surface area contributed by atoms with E-state index in [4.69, 9.17) is 4.74 Å². The summed E-state index contributed by atoms with van der Waals surface area (Å²) in [4.78, 5) is 27.8. The predicted molar refractivity (Wildman–Crippen MR) is 139 cm³/mol. The minimum absolute atomic E-state index is 0.189. The first-order valence-corrected chi connectivity index (χ1v) is 13.8. The molecule has 1 N–H and O–H groups in total. The predicted octanol–water partition coefficient (Wildman–Crippen LogP) is 3.49. The molecule has 0 aromatic heterocycles. The zero-order valence-corrected chi connectivity index (χ0v) is 22.1. The maximum Gasteiger partial charge on any atom is 0.244 e. The Kier molecular flexibility index (Phi) is 10.6. The highest BCUT2D eigenvalue weighted by Gasteiger charge is 2.30. The molecule has 0 spiro atoms. The molecular formula is C26H37N3O5S. The van der Waals surface area contributed by atoms with E-state index in [1.807, 2.05) is 45.0 Å². The van der Waals surface area contributed by atoms with Crippen molar-refractivity contribution in [3.63, 3.8) is 0 Å². The van der Waals surface area contributed by atoms with Crippen molar-refractivity contribution in [2.45, 2.75) is 53.1 Å². The molecule has 9 heteroatoms. The molecule has 0 saturated heterocycles. The zero-order chi connectivity index (χ0) is 26.0. The molecule has 0 fully saturated rings. The molecule has 2 aromatic rings. The number of sulfonamides is 1. The summed E-state index contributed by atoms with van der Waals surface area (Å²) in [5.74, 6) is -0.132. The molecule has 2 amide bonds. The van der Waals surface area contributed by atoms with E-state index in [9.17, 15) is 18.0 Å². The van der Waals surface area contributed by atoms with E-state index < -0.39 is 28.5 Å². The first-order chi connectivity index (χ1) is 16.6. The standard InChI is InChI=1S/C26H37N3O5S/c1-6-8-17-27-26(31)21(4)28(18-22-12-10-9-11-20(22)3)25(30)19-29(35(5,32)33)23-13-15-24(16-14-23)34-7-2/h9-16,21H,6-8,17-19H2,1-5H3,(H,27,31)/t21-/m1/s1. The summed E-state index contributed by atoms with van der Waals surface area (Å²) in [6.45, 7) is 8.27. The lowest BCUT2D eigenvalue weighted by Gasteiger charge is -2.32. The van der Waals surface area contributed by atoms with Gasteiger partial charge in [-0.3, -0.25) is 13.9 Å². The quantitative estimate of drug-likeness (QED) is 0.422. The second-order valence-electron chi connectivity index (χ2n) is 8.47. The molecule has 2 aromatic carbocycles. The van der Waals surface area contributed by atoms with Gasteiger partial charge in [0.15, 0.2) is 0 Å². The van der Waals surface area contributed by atoms with Gasteiger partial charge in [-0.1, -0.05) is 37.6 Å². The van der Waals surface area contributed by atoms with Crippen LogP contribution in [0, 0.1) is 6.92 Å². The van der Waals surface area contributed by atoms with E-state index in [0.717, 1.165) is 34.5 Å². The molecular weight excluding hydrogens is 466 g/mol. The fourth-order valence-electron chi connectivity index (χ4n) is 3.58. The van der Waals surface area contributed by atoms with Crippen LogP contribution in [0.3, 0.4) is 0 Å². The monoisotopic (exact) mass is 503 g/mol. The Bertz CT molecular complexity index is 1090. The third kappa shape index (κ3) is 8.28. The second kappa shape index (κ2) is 13.1. The maximum atomic E-state index is 13.5. The number of benzene rings is 2. The van der Waals surface area contributed by atoms with E-state index in [2.05, 4.69) is 5.32 Å². The largest absolute Gasteiger partial charge is 0.494 e. The van der Waals surface area contributed by atoms with Gasteiger partial charge in [-0.25, -0.2) is 8.42 Å². The summed E-state index contributed by atoms with van der Waals surface area (Å²) in [6.07, 6.45) is 2.83. The molecule has 0 aliphatic heterocycles. The molecule has 35 heavy (non-hydrogen) atoms. The molecule has 0 unspecified atom stereocenters. The topological polar surface area (TPSA) is 96.0 Å². The van der Waals surface area contributed by atoms with Crippen molar-refractivity contribution >= 4 is 27.5 Å². The lowest BCUT2D eigenvalue weighted by Crippen LogP contribution is -2.51. The van der Waals surface area contributed by atoms with Gasteiger partial charge in [0.1, 0.15) is 18.3 Å². The van der Waals surface area contributed by atoms with Crippen molar-refractivity contribution in [3.8, 4) is 5.75 Å². The minimum atomic E-state index is -3.77. The Hall–Kier alpha value is -3.07. The maximum absolute atomic E-state index is 13.5. The van der Waals surface area contributed by atoms with Crippen LogP contribution >= 0.6 is 0 Å². The lowest BCUT2D eigenvalue weighted by atomic mass is 10.1. The minimum Gasteiger partial charge on any atom is -0.494 e. The van der Waals surface area contributed by atoms with E-state index in [0.29, 0.717) is 24.6 Å². The van der Waals surface area contributed by atoms with Crippen LogP contribution in [0.4, 0.5) is 5.69 Å². The highest BCUT2D eigenvalue weighted by Crippen LogP contribution is 2.23. The molecule has 8 nitrogen and oxygen atoms in total. The van der Waals surface area contributed by atoms with Crippen molar-refractivity contribution in [2.75, 3.05) is 30.3 Å². The van der Waals surface area contributed by atoms with Crippen LogP contribution in [0.2, 0.25) is 0 Å². The molecule has 0 bridgehead atoms. The number of ether oxygens (including phenoxy) is 1. The van der Waals surface area contributed by atoms with Gasteiger partial charge in [0.2, 0.25) is 21.8 Å². The number of hydrogen-bond donors (Lipinski definition) is 1. The number of carbonyl (C=O) groups excluding carboxylic acids is 2. The summed E-state index contributed by atoms with van der Waals surface area (Å²) >= 11 is 0. The van der Waals surface area contributed by atoms with Gasteiger partial charge in [-0.05, 0) is 62.6 Å². The van der Waals surface area contributed by atoms with Crippen LogP contribution in [0.1, 0.15) is 44.7 Å². The third-order valence-electron chi connectivity index (χ3n) is 5.71. The van der Waals surface area contributed by atoms with Crippen LogP contribution < -0.4 is 14.4 Å². The Morgan fingerprint density at radius 1 is 1.06 bits per heavy atom. The molecule has 192 valence electrons. The van der Waals surface area contributed by atoms with Gasteiger partial charge in [0.25, 0.3) is 0 Å². The van der Waals surface area contributed by atoms with Gasteiger partial charge < -0.3 is 15.0 Å². The summed E-state index contributed by atoms with van der Waals surface area (Å²) in [5, 5.41) is 2.87. The van der Waals surface area contributed by atoms with Crippen molar-refractivity contribution in [1.82, 2.24) is 10.2 Å². The summed E-state index contributed by atoms with van der Waals surface area (Å²) in [5.41, 5.74) is 2.22. The number of aryl methyl sites for hydroxylation is 1.